The third-order valence-corrected chi connectivity index (χ3v) is 15.6. The molecule has 3 aliphatic heterocycles. The fraction of sp³-hybridized carbons (Fsp3) is 0.169. The van der Waals surface area contributed by atoms with Crippen LogP contribution < -0.4 is 48.3 Å². The first-order valence-electron chi connectivity index (χ1n) is 27.3. The van der Waals surface area contributed by atoms with E-state index in [0.29, 0.717) is 64.7 Å². The SMILES string of the molecule is CCO.CCOC(=O)C1=C(N)Oc2c(c(=O)oc3ccccc23)C1c1ccc(Cl)cc1Cl.CCOC(=O)C1=C(N)Oc2c(c(=O)oc3ccccc23)C1c1ccc(Cl)cc1Cl.CCOC(=O)C1=C(N)Oc2c(c(=O)oc3ccccc23)C1c1ccc(Cl)cc1Cl. The van der Waals surface area contributed by atoms with Crippen LogP contribution in [0.4, 0.5) is 0 Å². The second kappa shape index (κ2) is 28.3. The number of benzene rings is 6. The van der Waals surface area contributed by atoms with Crippen LogP contribution in [-0.4, -0.2) is 49.4 Å². The van der Waals surface area contributed by atoms with Crippen LogP contribution in [0.1, 0.15) is 78.8 Å². The third-order valence-electron chi connectivity index (χ3n) is 13.9. The molecule has 464 valence electrons. The standard InChI is InChI=1S/3C21H15Cl2NO5.C2H6O/c3*1-2-27-20(25)17-15(11-8-7-10(22)9-13(11)23)16-18(29-19(17)24)12-5-3-4-6-14(12)28-21(16)26;1-2-3/h3*3-9,15H,2,24H2,1H3;3H,2H2,1H3. The number of para-hydroxylation sites is 3. The topological polar surface area (TPSA) is 296 Å². The Hall–Kier alpha value is -8.92. The van der Waals surface area contributed by atoms with E-state index in [0.717, 1.165) is 0 Å². The van der Waals surface area contributed by atoms with E-state index in [1.165, 1.54) is 18.2 Å². The van der Waals surface area contributed by atoms with E-state index in [1.54, 1.807) is 137 Å². The molecule has 9 aromatic rings. The first-order valence-corrected chi connectivity index (χ1v) is 29.6. The number of fused-ring (bicyclic) bond motifs is 9. The molecule has 0 spiro atoms. The molecule has 25 heteroatoms. The average molecular weight is 1340 g/mol. The van der Waals surface area contributed by atoms with Crippen molar-refractivity contribution >= 4 is 120 Å². The molecule has 90 heavy (non-hydrogen) atoms. The van der Waals surface area contributed by atoms with Gasteiger partial charge in [0.25, 0.3) is 0 Å². The lowest BCUT2D eigenvalue weighted by Gasteiger charge is -2.28. The van der Waals surface area contributed by atoms with Crippen LogP contribution in [-0.2, 0) is 28.6 Å². The van der Waals surface area contributed by atoms with Crippen molar-refractivity contribution in [3.8, 4) is 17.2 Å². The van der Waals surface area contributed by atoms with Gasteiger partial charge in [-0.25, -0.2) is 28.8 Å². The molecule has 7 N–H and O–H groups in total. The molecule has 0 bridgehead atoms. The molecule has 6 heterocycles. The first kappa shape index (κ1) is 65.5. The number of ether oxygens (including phenoxy) is 6. The van der Waals surface area contributed by atoms with E-state index < -0.39 is 52.5 Å². The van der Waals surface area contributed by atoms with Gasteiger partial charge in [-0.2, -0.15) is 0 Å². The van der Waals surface area contributed by atoms with Crippen molar-refractivity contribution in [1.29, 1.82) is 0 Å². The van der Waals surface area contributed by atoms with Crippen molar-refractivity contribution in [2.75, 3.05) is 26.4 Å². The Labute approximate surface area is 541 Å². The number of aliphatic hydroxyl groups is 1. The van der Waals surface area contributed by atoms with E-state index in [1.807, 2.05) is 0 Å². The quantitative estimate of drug-likeness (QED) is 0.0593. The molecule has 19 nitrogen and oxygen atoms in total. The fourth-order valence-electron chi connectivity index (χ4n) is 10.3. The summed E-state index contributed by atoms with van der Waals surface area (Å²) in [5, 5.41) is 11.2. The van der Waals surface area contributed by atoms with Crippen molar-refractivity contribution in [2.45, 2.75) is 45.4 Å². The van der Waals surface area contributed by atoms with E-state index in [-0.39, 0.29) is 110 Å². The Balaban J connectivity index is 0.000000156. The Morgan fingerprint density at radius 1 is 0.422 bits per heavy atom. The van der Waals surface area contributed by atoms with Gasteiger partial charge >= 0.3 is 34.8 Å². The third kappa shape index (κ3) is 13.1. The van der Waals surface area contributed by atoms with Gasteiger partial charge in [0.1, 0.15) is 33.5 Å². The van der Waals surface area contributed by atoms with Crippen molar-refractivity contribution in [1.82, 2.24) is 0 Å². The molecule has 3 atom stereocenters. The summed E-state index contributed by atoms with van der Waals surface area (Å²) in [6.45, 7) is 7.29. The average Bonchev–Trinajstić information content (AvgIpc) is 0.761. The Morgan fingerprint density at radius 3 is 0.900 bits per heavy atom. The lowest BCUT2D eigenvalue weighted by atomic mass is 9.83. The molecule has 0 radical (unpaired) electrons. The van der Waals surface area contributed by atoms with Gasteiger partial charge in [0.05, 0.1) is 70.4 Å². The van der Waals surface area contributed by atoms with Crippen molar-refractivity contribution in [3.05, 3.63) is 257 Å². The number of aliphatic hydroxyl groups excluding tert-OH is 1. The minimum absolute atomic E-state index is 0.0221. The van der Waals surface area contributed by atoms with Gasteiger partial charge in [-0.3, -0.25) is 0 Å². The predicted octanol–water partition coefficient (Wildman–Crippen LogP) is 13.1. The van der Waals surface area contributed by atoms with Crippen LogP contribution in [0.5, 0.6) is 17.2 Å². The zero-order valence-corrected chi connectivity index (χ0v) is 52.3. The Morgan fingerprint density at radius 2 is 0.667 bits per heavy atom. The molecule has 0 aliphatic carbocycles. The van der Waals surface area contributed by atoms with Gasteiger partial charge in [0.15, 0.2) is 17.2 Å². The van der Waals surface area contributed by atoms with Gasteiger partial charge in [0, 0.05) is 36.7 Å². The number of carbonyl (C=O) groups excluding carboxylic acids is 3. The van der Waals surface area contributed by atoms with E-state index in [9.17, 15) is 28.8 Å². The smallest absolute Gasteiger partial charge is 0.344 e. The molecule has 0 amide bonds. The molecular formula is C65H51Cl6N3O16. The number of nitrogens with two attached hydrogens (primary N) is 3. The molecule has 3 unspecified atom stereocenters. The normalized spacial score (nSPS) is 15.4. The summed E-state index contributed by atoms with van der Waals surface area (Å²) < 4.78 is 49.1. The highest BCUT2D eigenvalue weighted by molar-refractivity contribution is 6.36. The van der Waals surface area contributed by atoms with Gasteiger partial charge in [-0.1, -0.05) is 124 Å². The van der Waals surface area contributed by atoms with Crippen LogP contribution in [0.25, 0.3) is 32.9 Å². The molecule has 3 aliphatic rings. The molecule has 3 aromatic heterocycles. The highest BCUT2D eigenvalue weighted by Crippen LogP contribution is 2.49. The molecule has 12 rings (SSSR count). The minimum atomic E-state index is -0.941. The van der Waals surface area contributed by atoms with E-state index in [4.69, 9.17) is 134 Å². The number of carbonyl (C=O) groups is 3. The minimum Gasteiger partial charge on any atom is -0.462 e. The van der Waals surface area contributed by atoms with Crippen LogP contribution >= 0.6 is 69.6 Å². The predicted molar refractivity (Wildman–Crippen MR) is 341 cm³/mol. The van der Waals surface area contributed by atoms with Crippen molar-refractivity contribution < 1.29 is 61.2 Å². The number of esters is 3. The second-order valence-electron chi connectivity index (χ2n) is 19.3. The van der Waals surface area contributed by atoms with Gasteiger partial charge in [-0.05, 0) is 117 Å². The van der Waals surface area contributed by atoms with Gasteiger partial charge in [0.2, 0.25) is 17.6 Å². The molecule has 6 aromatic carbocycles. The summed E-state index contributed by atoms with van der Waals surface area (Å²) in [5.74, 6) is -4.78. The van der Waals surface area contributed by atoms with Crippen LogP contribution in [0.3, 0.4) is 0 Å². The van der Waals surface area contributed by atoms with Gasteiger partial charge in [-0.15, -0.1) is 0 Å². The van der Waals surface area contributed by atoms with Crippen LogP contribution in [0.2, 0.25) is 30.1 Å². The molecule has 0 saturated heterocycles. The fourth-order valence-corrected chi connectivity index (χ4v) is 11.8. The molecular weight excluding hydrogens is 1290 g/mol. The summed E-state index contributed by atoms with van der Waals surface area (Å²) in [7, 11) is 0. The van der Waals surface area contributed by atoms with Crippen LogP contribution in [0.15, 0.2) is 189 Å². The van der Waals surface area contributed by atoms with Crippen molar-refractivity contribution in [3.63, 3.8) is 0 Å². The van der Waals surface area contributed by atoms with Crippen molar-refractivity contribution in [2.24, 2.45) is 17.2 Å². The van der Waals surface area contributed by atoms with Gasteiger partial charge < -0.3 is 64.0 Å². The Kier molecular flexibility index (Phi) is 20.6. The number of halogens is 6. The highest BCUT2D eigenvalue weighted by atomic mass is 35.5. The summed E-state index contributed by atoms with van der Waals surface area (Å²) in [5.41, 5.74) is 19.1. The zero-order chi connectivity index (χ0) is 64.8. The lowest BCUT2D eigenvalue weighted by molar-refractivity contribution is -0.140. The van der Waals surface area contributed by atoms with E-state index >= 15 is 0 Å². The lowest BCUT2D eigenvalue weighted by Crippen LogP contribution is -2.31. The number of hydrogen-bond donors (Lipinski definition) is 4. The maximum absolute atomic E-state index is 12.9. The maximum atomic E-state index is 12.9. The van der Waals surface area contributed by atoms with Crippen LogP contribution in [0, 0.1) is 0 Å². The maximum Gasteiger partial charge on any atom is 0.344 e. The first-order chi connectivity index (χ1) is 43.2. The summed E-state index contributed by atoms with van der Waals surface area (Å²) in [6, 6.07) is 35.0. The monoisotopic (exact) mass is 1340 g/mol. The molecule has 0 saturated carbocycles. The number of rotatable bonds is 9. The summed E-state index contributed by atoms with van der Waals surface area (Å²) in [6.07, 6.45) is 0. The largest absolute Gasteiger partial charge is 0.462 e. The zero-order valence-electron chi connectivity index (χ0n) is 47.8. The Bertz CT molecular complexity index is 4180. The highest BCUT2D eigenvalue weighted by Gasteiger charge is 2.43. The number of hydrogen-bond acceptors (Lipinski definition) is 19. The van der Waals surface area contributed by atoms with E-state index in [2.05, 4.69) is 0 Å². The summed E-state index contributed by atoms with van der Waals surface area (Å²) >= 11 is 37.3. The molecule has 0 fully saturated rings. The summed E-state index contributed by atoms with van der Waals surface area (Å²) in [4.78, 5) is 77.0. The second-order valence-corrected chi connectivity index (χ2v) is 21.8.